The molecule has 3 aliphatic rings. The summed E-state index contributed by atoms with van der Waals surface area (Å²) in [6.45, 7) is 20.7. The largest absolute Gasteiger partial charge is 0.425 e. The first-order chi connectivity index (χ1) is 19.1. The van der Waals surface area contributed by atoms with Crippen LogP contribution in [0.15, 0.2) is 23.8 Å². The van der Waals surface area contributed by atoms with Crippen LogP contribution in [0.25, 0.3) is 0 Å². The van der Waals surface area contributed by atoms with Crippen molar-refractivity contribution < 1.29 is 19.1 Å². The molecule has 0 N–H and O–H groups in total. The van der Waals surface area contributed by atoms with E-state index in [4.69, 9.17) is 9.47 Å². The van der Waals surface area contributed by atoms with Gasteiger partial charge in [-0.2, -0.15) is 0 Å². The molecule has 40 heavy (non-hydrogen) atoms. The quantitative estimate of drug-likeness (QED) is 0.257. The van der Waals surface area contributed by atoms with Crippen LogP contribution in [0.1, 0.15) is 70.9 Å². The van der Waals surface area contributed by atoms with Gasteiger partial charge in [0, 0.05) is 75.9 Å². The monoisotopic (exact) mass is 554 g/mol. The molecule has 1 aromatic rings. The number of aryl methyl sites for hydroxylation is 1. The number of carbonyl (C=O) groups is 2. The van der Waals surface area contributed by atoms with E-state index in [1.54, 1.807) is 0 Å². The molecule has 1 atom stereocenters. The van der Waals surface area contributed by atoms with Crippen molar-refractivity contribution in [1.29, 1.82) is 0 Å². The van der Waals surface area contributed by atoms with Crippen molar-refractivity contribution >= 4 is 11.9 Å². The minimum atomic E-state index is -0.262. The van der Waals surface area contributed by atoms with Crippen molar-refractivity contribution in [3.05, 3.63) is 34.9 Å². The molecule has 0 amide bonds. The molecule has 0 spiro atoms. The predicted molar refractivity (Wildman–Crippen MR) is 159 cm³/mol. The third-order valence-electron chi connectivity index (χ3n) is 8.62. The number of benzene rings is 1. The molecule has 8 heteroatoms. The number of hydrogen-bond donors (Lipinski definition) is 0. The van der Waals surface area contributed by atoms with Crippen LogP contribution in [-0.4, -0.2) is 109 Å². The Bertz CT molecular complexity index is 988. The number of allylic oxidation sites excluding steroid dienone is 2. The molecule has 0 aromatic heterocycles. The SMILES string of the molecule is CC1=CC(c2c(OC(=O)CN3CCN(C(C)C)CC3)cc(C)cc2OC(=O)CN2CCN(C(C)C)CC2)CCC1. The lowest BCUT2D eigenvalue weighted by Crippen LogP contribution is -2.50. The van der Waals surface area contributed by atoms with Gasteiger partial charge in [-0.1, -0.05) is 11.6 Å². The first-order valence-corrected chi connectivity index (χ1v) is 15.2. The van der Waals surface area contributed by atoms with Crippen LogP contribution in [-0.2, 0) is 9.59 Å². The minimum Gasteiger partial charge on any atom is -0.425 e. The number of hydrogen-bond acceptors (Lipinski definition) is 8. The maximum Gasteiger partial charge on any atom is 0.325 e. The van der Waals surface area contributed by atoms with Crippen LogP contribution in [0.3, 0.4) is 0 Å². The Hall–Kier alpha value is -2.26. The standard InChI is InChI=1S/C32H50N4O4/c1-23(2)35-14-10-33(11-15-35)21-30(37)39-28-19-26(6)20-29(32(28)27-9-7-8-25(5)18-27)40-31(38)22-34-12-16-36(17-13-34)24(3)4/h18-20,23-24,27H,7-17,21-22H2,1-6H3. The van der Waals surface area contributed by atoms with E-state index in [0.29, 0.717) is 23.6 Å². The zero-order valence-electron chi connectivity index (χ0n) is 25.6. The summed E-state index contributed by atoms with van der Waals surface area (Å²) in [6.07, 6.45) is 5.31. The van der Waals surface area contributed by atoms with E-state index in [0.717, 1.165) is 82.7 Å². The Kier molecular flexibility index (Phi) is 10.8. The average Bonchev–Trinajstić information content (AvgIpc) is 2.89. The number of nitrogens with zero attached hydrogens (tertiary/aromatic N) is 4. The number of piperazine rings is 2. The van der Waals surface area contributed by atoms with Crippen molar-refractivity contribution in [2.45, 2.75) is 78.8 Å². The van der Waals surface area contributed by atoms with Gasteiger partial charge in [0.2, 0.25) is 0 Å². The summed E-state index contributed by atoms with van der Waals surface area (Å²) in [4.78, 5) is 35.5. The Morgan fingerprint density at radius 3 is 1.62 bits per heavy atom. The lowest BCUT2D eigenvalue weighted by Gasteiger charge is -2.36. The van der Waals surface area contributed by atoms with Crippen LogP contribution in [0, 0.1) is 6.92 Å². The summed E-state index contributed by atoms with van der Waals surface area (Å²) in [7, 11) is 0. The number of rotatable bonds is 9. The van der Waals surface area contributed by atoms with Gasteiger partial charge in [0.25, 0.3) is 0 Å². The summed E-state index contributed by atoms with van der Waals surface area (Å²) in [5, 5.41) is 0. The fraction of sp³-hybridized carbons (Fsp3) is 0.688. The third kappa shape index (κ3) is 8.38. The summed E-state index contributed by atoms with van der Waals surface area (Å²) < 4.78 is 12.1. The molecule has 2 heterocycles. The van der Waals surface area contributed by atoms with Gasteiger partial charge in [0.1, 0.15) is 11.5 Å². The number of ether oxygens (including phenoxy) is 2. The van der Waals surface area contributed by atoms with E-state index < -0.39 is 0 Å². The molecule has 2 aliphatic heterocycles. The van der Waals surface area contributed by atoms with Gasteiger partial charge in [-0.25, -0.2) is 0 Å². The Morgan fingerprint density at radius 2 is 1.23 bits per heavy atom. The summed E-state index contributed by atoms with van der Waals surface area (Å²) in [5.74, 6) is 0.567. The highest BCUT2D eigenvalue weighted by Gasteiger charge is 2.28. The van der Waals surface area contributed by atoms with Gasteiger partial charge in [-0.3, -0.25) is 29.2 Å². The van der Waals surface area contributed by atoms with Crippen LogP contribution in [0.4, 0.5) is 0 Å². The zero-order chi connectivity index (χ0) is 28.8. The molecule has 1 unspecified atom stereocenters. The maximum atomic E-state index is 13.2. The van der Waals surface area contributed by atoms with Crippen LogP contribution in [0.2, 0.25) is 0 Å². The van der Waals surface area contributed by atoms with E-state index >= 15 is 0 Å². The molecule has 0 bridgehead atoms. The van der Waals surface area contributed by atoms with Crippen molar-refractivity contribution in [2.24, 2.45) is 0 Å². The average molecular weight is 555 g/mol. The second kappa shape index (κ2) is 14.1. The molecule has 0 saturated carbocycles. The van der Waals surface area contributed by atoms with Crippen molar-refractivity contribution in [2.75, 3.05) is 65.4 Å². The first-order valence-electron chi connectivity index (χ1n) is 15.2. The molecule has 2 saturated heterocycles. The van der Waals surface area contributed by atoms with E-state index in [2.05, 4.69) is 60.3 Å². The molecular weight excluding hydrogens is 504 g/mol. The maximum absolute atomic E-state index is 13.2. The van der Waals surface area contributed by atoms with Crippen molar-refractivity contribution in [1.82, 2.24) is 19.6 Å². The van der Waals surface area contributed by atoms with Gasteiger partial charge in [-0.05, 0) is 78.5 Å². The third-order valence-corrected chi connectivity index (χ3v) is 8.62. The fourth-order valence-corrected chi connectivity index (χ4v) is 6.16. The molecule has 8 nitrogen and oxygen atoms in total. The van der Waals surface area contributed by atoms with Crippen molar-refractivity contribution in [3.63, 3.8) is 0 Å². The molecule has 1 aromatic carbocycles. The molecular formula is C32H50N4O4. The topological polar surface area (TPSA) is 65.6 Å². The van der Waals surface area contributed by atoms with E-state index in [9.17, 15) is 9.59 Å². The van der Waals surface area contributed by atoms with Gasteiger partial charge < -0.3 is 9.47 Å². The lowest BCUT2D eigenvalue weighted by molar-refractivity contribution is -0.136. The van der Waals surface area contributed by atoms with Gasteiger partial charge in [0.05, 0.1) is 13.1 Å². The predicted octanol–water partition coefficient (Wildman–Crippen LogP) is 4.07. The normalized spacial score (nSPS) is 22.0. The fourth-order valence-electron chi connectivity index (χ4n) is 6.16. The Balaban J connectivity index is 1.48. The second-order valence-electron chi connectivity index (χ2n) is 12.4. The summed E-state index contributed by atoms with van der Waals surface area (Å²) >= 11 is 0. The number of carbonyl (C=O) groups excluding carboxylic acids is 2. The molecule has 2 fully saturated rings. The van der Waals surface area contributed by atoms with Gasteiger partial charge in [-0.15, -0.1) is 0 Å². The highest BCUT2D eigenvalue weighted by molar-refractivity contribution is 5.78. The van der Waals surface area contributed by atoms with E-state index in [1.807, 2.05) is 19.1 Å². The minimum absolute atomic E-state index is 0.0455. The van der Waals surface area contributed by atoms with Gasteiger partial charge in [0.15, 0.2) is 0 Å². The molecule has 4 rings (SSSR count). The Labute approximate surface area is 241 Å². The highest BCUT2D eigenvalue weighted by atomic mass is 16.5. The van der Waals surface area contributed by atoms with E-state index in [1.165, 1.54) is 5.57 Å². The van der Waals surface area contributed by atoms with Gasteiger partial charge >= 0.3 is 11.9 Å². The molecule has 222 valence electrons. The second-order valence-corrected chi connectivity index (χ2v) is 12.4. The Morgan fingerprint density at radius 1 is 0.775 bits per heavy atom. The summed E-state index contributed by atoms with van der Waals surface area (Å²) in [5.41, 5.74) is 3.04. The number of esters is 2. The van der Waals surface area contributed by atoms with E-state index in [-0.39, 0.29) is 30.9 Å². The lowest BCUT2D eigenvalue weighted by atomic mass is 9.84. The molecule has 1 aliphatic carbocycles. The van der Waals surface area contributed by atoms with Crippen LogP contribution >= 0.6 is 0 Å². The highest BCUT2D eigenvalue weighted by Crippen LogP contribution is 2.42. The van der Waals surface area contributed by atoms with Crippen molar-refractivity contribution in [3.8, 4) is 11.5 Å². The van der Waals surface area contributed by atoms with Crippen LogP contribution in [0.5, 0.6) is 11.5 Å². The molecule has 0 radical (unpaired) electrons. The smallest absolute Gasteiger partial charge is 0.325 e. The zero-order valence-corrected chi connectivity index (χ0v) is 25.6. The first kappa shape index (κ1) is 30.7. The van der Waals surface area contributed by atoms with Crippen LogP contribution < -0.4 is 9.47 Å². The summed E-state index contributed by atoms with van der Waals surface area (Å²) in [6, 6.07) is 4.87.